The van der Waals surface area contributed by atoms with Gasteiger partial charge in [0, 0.05) is 6.54 Å². The summed E-state index contributed by atoms with van der Waals surface area (Å²) in [5, 5.41) is 3.06. The minimum atomic E-state index is -3.57. The van der Waals surface area contributed by atoms with Gasteiger partial charge >= 0.3 is 0 Å². The van der Waals surface area contributed by atoms with Crippen LogP contribution in [0.3, 0.4) is 0 Å². The molecule has 0 radical (unpaired) electrons. The molecule has 0 unspecified atom stereocenters. The maximum atomic E-state index is 12.3. The van der Waals surface area contributed by atoms with E-state index in [0.717, 1.165) is 4.31 Å². The van der Waals surface area contributed by atoms with Crippen molar-refractivity contribution in [2.24, 2.45) is 0 Å². The van der Waals surface area contributed by atoms with Gasteiger partial charge in [-0.3, -0.25) is 0 Å². The summed E-state index contributed by atoms with van der Waals surface area (Å²) < 4.78 is 30.8. The molecule has 1 heterocycles. The van der Waals surface area contributed by atoms with Gasteiger partial charge in [0.15, 0.2) is 5.11 Å². The SMILES string of the molecule is CCN1C(=S)Nc2c(OC)cccc2S1(=O)=O. The van der Waals surface area contributed by atoms with Gasteiger partial charge in [0.05, 0.1) is 7.11 Å². The van der Waals surface area contributed by atoms with Crippen LogP contribution in [0.15, 0.2) is 23.1 Å². The molecule has 0 spiro atoms. The van der Waals surface area contributed by atoms with E-state index in [-0.39, 0.29) is 10.0 Å². The fourth-order valence-corrected chi connectivity index (χ4v) is 3.76. The Balaban J connectivity index is 2.70. The Bertz CT molecular complexity index is 569. The lowest BCUT2D eigenvalue weighted by Crippen LogP contribution is -2.43. The smallest absolute Gasteiger partial charge is 0.268 e. The van der Waals surface area contributed by atoms with Crippen molar-refractivity contribution in [2.45, 2.75) is 11.8 Å². The van der Waals surface area contributed by atoms with Gasteiger partial charge in [0.2, 0.25) is 0 Å². The van der Waals surface area contributed by atoms with Crippen LogP contribution in [0.2, 0.25) is 0 Å². The number of nitrogens with one attached hydrogen (secondary N) is 1. The Morgan fingerprint density at radius 3 is 2.76 bits per heavy atom. The van der Waals surface area contributed by atoms with Crippen molar-refractivity contribution in [1.82, 2.24) is 4.31 Å². The van der Waals surface area contributed by atoms with Gasteiger partial charge in [-0.1, -0.05) is 6.07 Å². The normalized spacial score (nSPS) is 17.3. The average molecular weight is 272 g/mol. The largest absolute Gasteiger partial charge is 0.495 e. The Hall–Kier alpha value is -1.34. The molecule has 0 fully saturated rings. The van der Waals surface area contributed by atoms with Crippen LogP contribution in [0.5, 0.6) is 5.75 Å². The van der Waals surface area contributed by atoms with E-state index in [9.17, 15) is 8.42 Å². The van der Waals surface area contributed by atoms with Crippen LogP contribution < -0.4 is 10.1 Å². The van der Waals surface area contributed by atoms with E-state index >= 15 is 0 Å². The lowest BCUT2D eigenvalue weighted by Gasteiger charge is -2.30. The Morgan fingerprint density at radius 1 is 1.47 bits per heavy atom. The third-order valence-electron chi connectivity index (χ3n) is 2.52. The van der Waals surface area contributed by atoms with E-state index in [4.69, 9.17) is 17.0 Å². The summed E-state index contributed by atoms with van der Waals surface area (Å²) in [5.41, 5.74) is 0.407. The van der Waals surface area contributed by atoms with Crippen molar-refractivity contribution in [2.75, 3.05) is 19.0 Å². The summed E-state index contributed by atoms with van der Waals surface area (Å²) >= 11 is 5.04. The molecule has 0 saturated carbocycles. The average Bonchev–Trinajstić information content (AvgIpc) is 2.28. The van der Waals surface area contributed by atoms with Crippen LogP contribution in [0, 0.1) is 0 Å². The van der Waals surface area contributed by atoms with Crippen molar-refractivity contribution in [1.29, 1.82) is 0 Å². The van der Waals surface area contributed by atoms with Crippen molar-refractivity contribution in [3.8, 4) is 5.75 Å². The molecule has 0 atom stereocenters. The van der Waals surface area contributed by atoms with E-state index in [0.29, 0.717) is 18.0 Å². The number of rotatable bonds is 2. The summed E-state index contributed by atoms with van der Waals surface area (Å²) in [4.78, 5) is 0.187. The van der Waals surface area contributed by atoms with E-state index in [1.54, 1.807) is 19.1 Å². The summed E-state index contributed by atoms with van der Waals surface area (Å²) in [7, 11) is -2.08. The molecule has 0 aliphatic carbocycles. The summed E-state index contributed by atoms with van der Waals surface area (Å²) in [6, 6.07) is 4.86. The van der Waals surface area contributed by atoms with Gasteiger partial charge in [0.1, 0.15) is 16.3 Å². The molecule has 1 N–H and O–H groups in total. The van der Waals surface area contributed by atoms with Gasteiger partial charge in [-0.2, -0.15) is 0 Å². The first kappa shape index (κ1) is 12.1. The lowest BCUT2D eigenvalue weighted by atomic mass is 10.3. The lowest BCUT2D eigenvalue weighted by molar-refractivity contribution is 0.415. The summed E-state index contributed by atoms with van der Waals surface area (Å²) in [6.07, 6.45) is 0. The summed E-state index contributed by atoms with van der Waals surface area (Å²) in [6.45, 7) is 2.03. The first-order chi connectivity index (χ1) is 8.02. The number of benzene rings is 1. The minimum absolute atomic E-state index is 0.171. The fraction of sp³-hybridized carbons (Fsp3) is 0.300. The first-order valence-corrected chi connectivity index (χ1v) is 6.88. The number of ether oxygens (including phenoxy) is 1. The number of thiocarbonyl (C=S) groups is 1. The molecule has 0 saturated heterocycles. The number of sulfonamides is 1. The van der Waals surface area contributed by atoms with Crippen molar-refractivity contribution < 1.29 is 13.2 Å². The maximum absolute atomic E-state index is 12.3. The molecule has 5 nitrogen and oxygen atoms in total. The quantitative estimate of drug-likeness (QED) is 0.825. The maximum Gasteiger partial charge on any atom is 0.268 e. The molecule has 0 bridgehead atoms. The number of nitrogens with zero attached hydrogens (tertiary/aromatic N) is 1. The number of anilines is 1. The highest BCUT2D eigenvalue weighted by Gasteiger charge is 2.34. The second-order valence-corrected chi connectivity index (χ2v) is 5.65. The molecule has 1 aliphatic rings. The van der Waals surface area contributed by atoms with E-state index < -0.39 is 10.0 Å². The molecular weight excluding hydrogens is 260 g/mol. The topological polar surface area (TPSA) is 58.6 Å². The van der Waals surface area contributed by atoms with E-state index in [1.807, 2.05) is 0 Å². The second kappa shape index (κ2) is 4.15. The number of para-hydroxylation sites is 1. The molecule has 0 amide bonds. The highest BCUT2D eigenvalue weighted by Crippen LogP contribution is 2.36. The van der Waals surface area contributed by atoms with Gasteiger partial charge in [-0.25, -0.2) is 12.7 Å². The van der Waals surface area contributed by atoms with Gasteiger partial charge in [-0.05, 0) is 31.3 Å². The number of methoxy groups -OCH3 is 1. The second-order valence-electron chi connectivity index (χ2n) is 3.43. The van der Waals surface area contributed by atoms with Crippen LogP contribution in [0.25, 0.3) is 0 Å². The first-order valence-electron chi connectivity index (χ1n) is 5.03. The number of hydrogen-bond donors (Lipinski definition) is 1. The van der Waals surface area contributed by atoms with Crippen LogP contribution in [-0.4, -0.2) is 31.5 Å². The third kappa shape index (κ3) is 1.75. The number of hydrogen-bond acceptors (Lipinski definition) is 4. The predicted molar refractivity (Wildman–Crippen MR) is 68.8 cm³/mol. The molecule has 7 heteroatoms. The van der Waals surface area contributed by atoms with Crippen LogP contribution in [0.4, 0.5) is 5.69 Å². The zero-order valence-corrected chi connectivity index (χ0v) is 11.1. The van der Waals surface area contributed by atoms with Crippen molar-refractivity contribution in [3.05, 3.63) is 18.2 Å². The van der Waals surface area contributed by atoms with Crippen LogP contribution in [0.1, 0.15) is 6.92 Å². The molecule has 1 aliphatic heterocycles. The predicted octanol–water partition coefficient (Wildman–Crippen LogP) is 1.42. The fourth-order valence-electron chi connectivity index (χ4n) is 1.73. The molecule has 0 aromatic heterocycles. The van der Waals surface area contributed by atoms with Crippen molar-refractivity contribution in [3.63, 3.8) is 0 Å². The summed E-state index contributed by atoms with van der Waals surface area (Å²) in [5.74, 6) is 0.462. The van der Waals surface area contributed by atoms with Gasteiger partial charge in [-0.15, -0.1) is 0 Å². The number of fused-ring (bicyclic) bond motifs is 1. The van der Waals surface area contributed by atoms with Gasteiger partial charge < -0.3 is 10.1 Å². The van der Waals surface area contributed by atoms with Crippen molar-refractivity contribution >= 4 is 33.0 Å². The molecule has 17 heavy (non-hydrogen) atoms. The standard InChI is InChI=1S/C10H12N2O3S2/c1-3-12-10(16)11-9-7(15-2)5-4-6-8(9)17(12,13)14/h4-6H,3H2,1-2H3,(H,11,16). The van der Waals surface area contributed by atoms with Gasteiger partial charge in [0.25, 0.3) is 10.0 Å². The molecule has 92 valence electrons. The highest BCUT2D eigenvalue weighted by atomic mass is 32.2. The molecule has 2 rings (SSSR count). The minimum Gasteiger partial charge on any atom is -0.495 e. The molecule has 1 aromatic carbocycles. The molecular formula is C10H12N2O3S2. The Kier molecular flexibility index (Phi) is 2.96. The Morgan fingerprint density at radius 2 is 2.18 bits per heavy atom. The third-order valence-corrected chi connectivity index (χ3v) is 4.88. The van der Waals surface area contributed by atoms with Crippen LogP contribution >= 0.6 is 12.2 Å². The van der Waals surface area contributed by atoms with E-state index in [1.165, 1.54) is 13.2 Å². The van der Waals surface area contributed by atoms with E-state index in [2.05, 4.69) is 5.32 Å². The highest BCUT2D eigenvalue weighted by molar-refractivity contribution is 7.92. The Labute approximate surface area is 105 Å². The zero-order valence-electron chi connectivity index (χ0n) is 9.43. The zero-order chi connectivity index (χ0) is 12.6. The van der Waals surface area contributed by atoms with Crippen LogP contribution in [-0.2, 0) is 10.0 Å². The molecule has 1 aromatic rings. The monoisotopic (exact) mass is 272 g/mol.